The molecule has 3 rings (SSSR count). The zero-order valence-electron chi connectivity index (χ0n) is 17.2. The van der Waals surface area contributed by atoms with E-state index >= 15 is 0 Å². The van der Waals surface area contributed by atoms with E-state index < -0.39 is 0 Å². The summed E-state index contributed by atoms with van der Waals surface area (Å²) in [5.41, 5.74) is 6.85. The minimum Gasteiger partial charge on any atom is -0.482 e. The molecule has 7 nitrogen and oxygen atoms in total. The van der Waals surface area contributed by atoms with E-state index in [-0.39, 0.29) is 37.2 Å². The van der Waals surface area contributed by atoms with Crippen molar-refractivity contribution >= 4 is 29.1 Å². The van der Waals surface area contributed by atoms with Crippen molar-refractivity contribution in [1.82, 2.24) is 9.80 Å². The van der Waals surface area contributed by atoms with Crippen molar-refractivity contribution in [2.75, 3.05) is 44.6 Å². The first-order valence-electron chi connectivity index (χ1n) is 10.1. The summed E-state index contributed by atoms with van der Waals surface area (Å²) in [6.07, 6.45) is 0.174. The van der Waals surface area contributed by atoms with Crippen molar-refractivity contribution in [2.24, 2.45) is 5.73 Å². The van der Waals surface area contributed by atoms with Crippen molar-refractivity contribution in [3.8, 4) is 5.75 Å². The molecule has 1 saturated heterocycles. The largest absolute Gasteiger partial charge is 0.482 e. The van der Waals surface area contributed by atoms with Crippen LogP contribution in [-0.4, -0.2) is 60.9 Å². The minimum absolute atomic E-state index is 0.129. The van der Waals surface area contributed by atoms with Gasteiger partial charge in [0, 0.05) is 50.7 Å². The number of nitrogens with zero attached hydrogens (tertiary/aromatic N) is 2. The fourth-order valence-electron chi connectivity index (χ4n) is 3.30. The summed E-state index contributed by atoms with van der Waals surface area (Å²) in [4.78, 5) is 28.4. The van der Waals surface area contributed by atoms with E-state index in [0.29, 0.717) is 29.5 Å². The predicted octanol–water partition coefficient (Wildman–Crippen LogP) is 2.49. The maximum Gasteiger partial charge on any atom is 0.260 e. The summed E-state index contributed by atoms with van der Waals surface area (Å²) < 4.78 is 18.7. The number of amides is 2. The van der Waals surface area contributed by atoms with Crippen LogP contribution in [0.4, 0.5) is 10.1 Å². The highest BCUT2D eigenvalue weighted by Gasteiger charge is 2.22. The number of hydrogen-bond donors (Lipinski definition) is 2. The topological polar surface area (TPSA) is 87.9 Å². The molecule has 0 spiro atoms. The van der Waals surface area contributed by atoms with Crippen molar-refractivity contribution in [1.29, 1.82) is 0 Å². The molecule has 31 heavy (non-hydrogen) atoms. The first kappa shape index (κ1) is 23.0. The lowest BCUT2D eigenvalue weighted by molar-refractivity contribution is -0.135. The number of anilines is 1. The summed E-state index contributed by atoms with van der Waals surface area (Å²) in [5, 5.41) is 3.15. The van der Waals surface area contributed by atoms with Gasteiger partial charge in [-0.1, -0.05) is 23.7 Å². The standard InChI is InChI=1S/C22H26ClFN4O3/c23-17-3-6-20(19(13-17)26-21(29)7-8-25)31-15-22(30)28-11-9-27(10-12-28)14-16-1-4-18(24)5-2-16/h1-6,13H,7-12,14-15,25H2,(H,26,29). The minimum atomic E-state index is -0.252. The number of ether oxygens (including phenoxy) is 1. The lowest BCUT2D eigenvalue weighted by Crippen LogP contribution is -2.49. The van der Waals surface area contributed by atoms with Gasteiger partial charge in [-0.2, -0.15) is 0 Å². The van der Waals surface area contributed by atoms with Gasteiger partial charge in [-0.15, -0.1) is 0 Å². The Morgan fingerprint density at radius 2 is 1.81 bits per heavy atom. The summed E-state index contributed by atoms with van der Waals surface area (Å²) >= 11 is 6.01. The Morgan fingerprint density at radius 3 is 2.48 bits per heavy atom. The molecule has 1 fully saturated rings. The van der Waals surface area contributed by atoms with Crippen LogP contribution in [0, 0.1) is 5.82 Å². The molecule has 2 aromatic rings. The van der Waals surface area contributed by atoms with Crippen LogP contribution >= 0.6 is 11.6 Å². The van der Waals surface area contributed by atoms with Gasteiger partial charge in [0.2, 0.25) is 5.91 Å². The Kier molecular flexibility index (Phi) is 8.22. The zero-order chi connectivity index (χ0) is 22.2. The second-order valence-electron chi connectivity index (χ2n) is 7.30. The molecule has 9 heteroatoms. The first-order valence-corrected chi connectivity index (χ1v) is 10.5. The monoisotopic (exact) mass is 448 g/mol. The Bertz CT molecular complexity index is 902. The summed E-state index contributed by atoms with van der Waals surface area (Å²) in [6, 6.07) is 11.3. The third-order valence-electron chi connectivity index (χ3n) is 4.98. The molecular weight excluding hydrogens is 423 g/mol. The predicted molar refractivity (Wildman–Crippen MR) is 118 cm³/mol. The molecule has 166 valence electrons. The first-order chi connectivity index (χ1) is 14.9. The fraction of sp³-hybridized carbons (Fsp3) is 0.364. The molecule has 0 radical (unpaired) electrons. The molecule has 0 bridgehead atoms. The number of piperazine rings is 1. The Morgan fingerprint density at radius 1 is 1.10 bits per heavy atom. The van der Waals surface area contributed by atoms with Crippen LogP contribution in [0.15, 0.2) is 42.5 Å². The number of halogens is 2. The molecule has 2 aromatic carbocycles. The molecule has 0 unspecified atom stereocenters. The maximum atomic E-state index is 13.0. The number of benzene rings is 2. The molecule has 0 saturated carbocycles. The lowest BCUT2D eigenvalue weighted by atomic mass is 10.2. The second kappa shape index (κ2) is 11.1. The van der Waals surface area contributed by atoms with Gasteiger partial charge in [0.05, 0.1) is 5.69 Å². The molecule has 2 amide bonds. The lowest BCUT2D eigenvalue weighted by Gasteiger charge is -2.34. The third-order valence-corrected chi connectivity index (χ3v) is 5.22. The molecule has 1 heterocycles. The van der Waals surface area contributed by atoms with Crippen molar-refractivity contribution < 1.29 is 18.7 Å². The molecular formula is C22H26ClFN4O3. The van der Waals surface area contributed by atoms with E-state index in [2.05, 4.69) is 10.2 Å². The Hall–Kier alpha value is -2.68. The summed E-state index contributed by atoms with van der Waals surface area (Å²) in [7, 11) is 0. The zero-order valence-corrected chi connectivity index (χ0v) is 17.9. The van der Waals surface area contributed by atoms with E-state index in [9.17, 15) is 14.0 Å². The van der Waals surface area contributed by atoms with E-state index in [1.807, 2.05) is 0 Å². The highest BCUT2D eigenvalue weighted by atomic mass is 35.5. The Labute approximate surface area is 185 Å². The van der Waals surface area contributed by atoms with Crippen molar-refractivity contribution in [3.05, 3.63) is 58.9 Å². The molecule has 1 aliphatic rings. The van der Waals surface area contributed by atoms with Crippen LogP contribution in [0.5, 0.6) is 5.75 Å². The average Bonchev–Trinajstić information content (AvgIpc) is 2.75. The SMILES string of the molecule is NCCC(=O)Nc1cc(Cl)ccc1OCC(=O)N1CCN(Cc2ccc(F)cc2)CC1. The second-order valence-corrected chi connectivity index (χ2v) is 7.74. The quantitative estimate of drug-likeness (QED) is 0.647. The number of nitrogens with two attached hydrogens (primary N) is 1. The smallest absolute Gasteiger partial charge is 0.260 e. The summed E-state index contributed by atoms with van der Waals surface area (Å²) in [5.74, 6) is -0.256. The van der Waals surface area contributed by atoms with Gasteiger partial charge >= 0.3 is 0 Å². The summed E-state index contributed by atoms with van der Waals surface area (Å²) in [6.45, 7) is 3.44. The van der Waals surface area contributed by atoms with E-state index in [0.717, 1.165) is 25.2 Å². The molecule has 0 atom stereocenters. The van der Waals surface area contributed by atoms with Gasteiger partial charge in [-0.05, 0) is 35.9 Å². The van der Waals surface area contributed by atoms with Crippen molar-refractivity contribution in [3.63, 3.8) is 0 Å². The number of hydrogen-bond acceptors (Lipinski definition) is 5. The Balaban J connectivity index is 1.49. The average molecular weight is 449 g/mol. The van der Waals surface area contributed by atoms with E-state index in [1.54, 1.807) is 35.2 Å². The van der Waals surface area contributed by atoms with Crippen LogP contribution in [0.25, 0.3) is 0 Å². The molecule has 0 aromatic heterocycles. The van der Waals surface area contributed by atoms with Crippen LogP contribution in [0.2, 0.25) is 5.02 Å². The highest BCUT2D eigenvalue weighted by molar-refractivity contribution is 6.31. The third kappa shape index (κ3) is 6.92. The molecule has 3 N–H and O–H groups in total. The molecule has 0 aliphatic carbocycles. The van der Waals surface area contributed by atoms with Crippen LogP contribution in [0.3, 0.4) is 0 Å². The van der Waals surface area contributed by atoms with Gasteiger partial charge in [-0.3, -0.25) is 14.5 Å². The van der Waals surface area contributed by atoms with Crippen molar-refractivity contribution in [2.45, 2.75) is 13.0 Å². The maximum absolute atomic E-state index is 13.0. The highest BCUT2D eigenvalue weighted by Crippen LogP contribution is 2.28. The number of rotatable bonds is 8. The van der Waals surface area contributed by atoms with Crippen LogP contribution in [0.1, 0.15) is 12.0 Å². The van der Waals surface area contributed by atoms with Gasteiger partial charge in [0.25, 0.3) is 5.91 Å². The normalized spacial score (nSPS) is 14.4. The number of carbonyl (C=O) groups is 2. The van der Waals surface area contributed by atoms with E-state index in [1.165, 1.54) is 12.1 Å². The van der Waals surface area contributed by atoms with Gasteiger partial charge < -0.3 is 20.7 Å². The van der Waals surface area contributed by atoms with Gasteiger partial charge in [-0.25, -0.2) is 4.39 Å². The number of carbonyl (C=O) groups excluding carboxylic acids is 2. The van der Waals surface area contributed by atoms with Crippen LogP contribution in [-0.2, 0) is 16.1 Å². The van der Waals surface area contributed by atoms with Crippen LogP contribution < -0.4 is 15.8 Å². The van der Waals surface area contributed by atoms with E-state index in [4.69, 9.17) is 22.1 Å². The molecule has 1 aliphatic heterocycles. The van der Waals surface area contributed by atoms with Gasteiger partial charge in [0.15, 0.2) is 6.61 Å². The number of nitrogens with one attached hydrogen (secondary N) is 1. The van der Waals surface area contributed by atoms with Gasteiger partial charge in [0.1, 0.15) is 11.6 Å². The fourth-order valence-corrected chi connectivity index (χ4v) is 3.48.